The van der Waals surface area contributed by atoms with Crippen molar-refractivity contribution < 1.29 is 0 Å². The molecule has 0 bridgehead atoms. The number of aromatic amines is 1. The molecular weight excluding hydrogens is 438 g/mol. The van der Waals surface area contributed by atoms with Gasteiger partial charge < -0.3 is 4.98 Å². The lowest BCUT2D eigenvalue weighted by Gasteiger charge is -2.33. The van der Waals surface area contributed by atoms with E-state index in [1.54, 1.807) is 6.20 Å². The number of rotatable bonds is 9. The van der Waals surface area contributed by atoms with Crippen molar-refractivity contribution >= 4 is 10.9 Å². The van der Waals surface area contributed by atoms with Crippen molar-refractivity contribution in [2.75, 3.05) is 0 Å². The minimum Gasteiger partial charge on any atom is -0.322 e. The average Bonchev–Trinajstić information content (AvgIpc) is 3.31. The van der Waals surface area contributed by atoms with Crippen LogP contribution in [0.25, 0.3) is 10.9 Å². The lowest BCUT2D eigenvalue weighted by molar-refractivity contribution is 0.150. The maximum atomic E-state index is 13.2. The number of hydrogen-bond acceptors (Lipinski definition) is 6. The van der Waals surface area contributed by atoms with Crippen LogP contribution in [0.3, 0.4) is 0 Å². The van der Waals surface area contributed by atoms with Crippen LogP contribution in [-0.4, -0.2) is 35.1 Å². The third-order valence-electron chi connectivity index (χ3n) is 6.93. The summed E-state index contributed by atoms with van der Waals surface area (Å²) in [7, 11) is 0. The number of H-pyrrole nitrogens is 1. The van der Waals surface area contributed by atoms with Crippen LogP contribution in [0.1, 0.15) is 74.7 Å². The van der Waals surface area contributed by atoms with Gasteiger partial charge in [0.25, 0.3) is 5.56 Å². The van der Waals surface area contributed by atoms with Gasteiger partial charge >= 0.3 is 0 Å². The first-order valence-electron chi connectivity index (χ1n) is 12.3. The fourth-order valence-electron chi connectivity index (χ4n) is 4.64. The van der Waals surface area contributed by atoms with Crippen LogP contribution in [0.15, 0.2) is 47.5 Å². The summed E-state index contributed by atoms with van der Waals surface area (Å²) in [6, 6.07) is 10.1. The van der Waals surface area contributed by atoms with Gasteiger partial charge in [0, 0.05) is 41.9 Å². The van der Waals surface area contributed by atoms with Crippen LogP contribution in [0.4, 0.5) is 0 Å². The quantitative estimate of drug-likeness (QED) is 0.374. The third-order valence-corrected chi connectivity index (χ3v) is 6.93. The van der Waals surface area contributed by atoms with Crippen LogP contribution in [0.5, 0.6) is 0 Å². The van der Waals surface area contributed by atoms with E-state index in [1.165, 1.54) is 0 Å². The smallest absolute Gasteiger partial charge is 0.252 e. The molecule has 8 heteroatoms. The van der Waals surface area contributed by atoms with Gasteiger partial charge in [-0.25, -0.2) is 4.68 Å². The zero-order valence-corrected chi connectivity index (χ0v) is 21.5. The number of aryl methyl sites for hydroxylation is 2. The predicted octanol–water partition coefficient (Wildman–Crippen LogP) is 4.83. The summed E-state index contributed by atoms with van der Waals surface area (Å²) in [5.74, 6) is 0.812. The van der Waals surface area contributed by atoms with Crippen molar-refractivity contribution in [3.8, 4) is 0 Å². The minimum atomic E-state index is -0.221. The third kappa shape index (κ3) is 5.17. The van der Waals surface area contributed by atoms with Crippen molar-refractivity contribution in [2.45, 2.75) is 79.1 Å². The molecule has 8 nitrogen and oxygen atoms in total. The Labute approximate surface area is 206 Å². The first kappa shape index (κ1) is 24.7. The highest BCUT2D eigenvalue weighted by molar-refractivity contribution is 5.83. The Morgan fingerprint density at radius 1 is 1.14 bits per heavy atom. The lowest BCUT2D eigenvalue weighted by Crippen LogP contribution is -2.36. The molecule has 3 heterocycles. The standard InChI is InChI=1S/C27H35N7O/c1-7-24(25-30-31-32-34(25)27(5,6)8-2)33(16-20-10-9-11-28-15-20)17-21-14-22-19(4)12-18(3)13-23(22)29-26(21)35/h9-15,24H,7-8,16-17H2,1-6H3,(H,29,35). The van der Waals surface area contributed by atoms with Crippen molar-refractivity contribution in [2.24, 2.45) is 0 Å². The van der Waals surface area contributed by atoms with Gasteiger partial charge in [-0.1, -0.05) is 26.0 Å². The maximum absolute atomic E-state index is 13.2. The van der Waals surface area contributed by atoms with E-state index in [9.17, 15) is 4.79 Å². The molecular formula is C27H35N7O. The summed E-state index contributed by atoms with van der Waals surface area (Å²) in [5.41, 5.74) is 4.66. The van der Waals surface area contributed by atoms with Gasteiger partial charge in [0.15, 0.2) is 5.82 Å². The normalized spacial score (nSPS) is 13.0. The van der Waals surface area contributed by atoms with Crippen molar-refractivity contribution in [3.05, 3.63) is 81.2 Å². The molecule has 0 aliphatic heterocycles. The summed E-state index contributed by atoms with van der Waals surface area (Å²) in [6.45, 7) is 13.8. The number of nitrogens with one attached hydrogen (secondary N) is 1. The fraction of sp³-hybridized carbons (Fsp3) is 0.444. The molecule has 0 aliphatic carbocycles. The maximum Gasteiger partial charge on any atom is 0.252 e. The second kappa shape index (κ2) is 10.1. The molecule has 35 heavy (non-hydrogen) atoms. The molecule has 0 amide bonds. The Balaban J connectivity index is 1.79. The molecule has 184 valence electrons. The second-order valence-electron chi connectivity index (χ2n) is 9.97. The number of aromatic nitrogens is 6. The average molecular weight is 474 g/mol. The molecule has 4 aromatic rings. The van der Waals surface area contributed by atoms with Crippen molar-refractivity contribution in [1.29, 1.82) is 0 Å². The second-order valence-corrected chi connectivity index (χ2v) is 9.97. The first-order chi connectivity index (χ1) is 16.7. The van der Waals surface area contributed by atoms with Crippen LogP contribution in [-0.2, 0) is 18.6 Å². The van der Waals surface area contributed by atoms with Crippen LogP contribution in [0, 0.1) is 13.8 Å². The molecule has 0 saturated heterocycles. The van der Waals surface area contributed by atoms with E-state index in [0.717, 1.165) is 51.8 Å². The topological polar surface area (TPSA) is 92.6 Å². The SMILES string of the molecule is CCC(c1nnnn1C(C)(C)CC)N(Cc1cccnc1)Cc1cc2c(C)cc(C)cc2[nH]c1=O. The molecule has 1 aromatic carbocycles. The Hall–Kier alpha value is -3.39. The summed E-state index contributed by atoms with van der Waals surface area (Å²) in [4.78, 5) is 22.9. The summed E-state index contributed by atoms with van der Waals surface area (Å²) in [5, 5.41) is 13.9. The summed E-state index contributed by atoms with van der Waals surface area (Å²) >= 11 is 0. The van der Waals surface area contributed by atoms with Gasteiger partial charge in [-0.3, -0.25) is 14.7 Å². The van der Waals surface area contributed by atoms with E-state index in [0.29, 0.717) is 13.1 Å². The Kier molecular flexibility index (Phi) is 7.12. The van der Waals surface area contributed by atoms with Gasteiger partial charge in [-0.05, 0) is 85.9 Å². The van der Waals surface area contributed by atoms with Gasteiger partial charge in [0.2, 0.25) is 0 Å². The van der Waals surface area contributed by atoms with Crippen LogP contribution < -0.4 is 5.56 Å². The lowest BCUT2D eigenvalue weighted by atomic mass is 10.0. The number of fused-ring (bicyclic) bond motifs is 1. The molecule has 1 atom stereocenters. The first-order valence-corrected chi connectivity index (χ1v) is 12.3. The van der Waals surface area contributed by atoms with Gasteiger partial charge in [0.1, 0.15) is 0 Å². The molecule has 4 rings (SSSR count). The molecule has 0 aliphatic rings. The monoisotopic (exact) mass is 473 g/mol. The van der Waals surface area contributed by atoms with Gasteiger partial charge in [-0.2, -0.15) is 0 Å². The van der Waals surface area contributed by atoms with E-state index in [-0.39, 0.29) is 17.1 Å². The minimum absolute atomic E-state index is 0.0676. The van der Waals surface area contributed by atoms with Crippen LogP contribution in [0.2, 0.25) is 0 Å². The van der Waals surface area contributed by atoms with Crippen molar-refractivity contribution in [3.63, 3.8) is 0 Å². The number of tetrazole rings is 1. The number of benzene rings is 1. The number of pyridine rings is 2. The van der Waals surface area contributed by atoms with E-state index >= 15 is 0 Å². The molecule has 1 N–H and O–H groups in total. The van der Waals surface area contributed by atoms with Crippen LogP contribution >= 0.6 is 0 Å². The summed E-state index contributed by atoms with van der Waals surface area (Å²) in [6.07, 6.45) is 5.34. The highest BCUT2D eigenvalue weighted by Gasteiger charge is 2.31. The molecule has 0 saturated carbocycles. The van der Waals surface area contributed by atoms with E-state index in [4.69, 9.17) is 0 Å². The highest BCUT2D eigenvalue weighted by Crippen LogP contribution is 2.30. The highest BCUT2D eigenvalue weighted by atomic mass is 16.1. The molecule has 0 fully saturated rings. The Morgan fingerprint density at radius 3 is 2.63 bits per heavy atom. The van der Waals surface area contributed by atoms with E-state index < -0.39 is 0 Å². The largest absolute Gasteiger partial charge is 0.322 e. The van der Waals surface area contributed by atoms with Crippen molar-refractivity contribution in [1.82, 2.24) is 35.1 Å². The Bertz CT molecular complexity index is 1360. The molecule has 1 unspecified atom stereocenters. The fourth-order valence-corrected chi connectivity index (χ4v) is 4.64. The zero-order chi connectivity index (χ0) is 25.2. The van der Waals surface area contributed by atoms with E-state index in [2.05, 4.69) is 77.1 Å². The molecule has 0 spiro atoms. The number of hydrogen-bond donors (Lipinski definition) is 1. The molecule has 0 radical (unpaired) electrons. The zero-order valence-electron chi connectivity index (χ0n) is 21.5. The molecule has 3 aromatic heterocycles. The summed E-state index contributed by atoms with van der Waals surface area (Å²) < 4.78 is 1.94. The van der Waals surface area contributed by atoms with Gasteiger partial charge in [-0.15, -0.1) is 5.10 Å². The Morgan fingerprint density at radius 2 is 1.94 bits per heavy atom. The van der Waals surface area contributed by atoms with E-state index in [1.807, 2.05) is 36.0 Å². The number of nitrogens with zero attached hydrogens (tertiary/aromatic N) is 6. The predicted molar refractivity (Wildman–Crippen MR) is 138 cm³/mol. The van der Waals surface area contributed by atoms with Gasteiger partial charge in [0.05, 0.1) is 11.6 Å².